The standard InChI is InChI=1S/C15H17FN2O2S2/c16-13-5-1-2-6-14(13)22(20)11-9-18-15(19)17-8-7-12-4-3-10-21-12/h1-6,10H,7-9,11H2,(H2,17,18,19). The van der Waals surface area contributed by atoms with Gasteiger partial charge in [0, 0.05) is 23.7 Å². The molecule has 0 aliphatic heterocycles. The Kier molecular flexibility index (Phi) is 6.54. The first-order valence-corrected chi connectivity index (χ1v) is 9.03. The van der Waals surface area contributed by atoms with E-state index in [9.17, 15) is 13.4 Å². The van der Waals surface area contributed by atoms with Crippen LogP contribution in [0.25, 0.3) is 0 Å². The summed E-state index contributed by atoms with van der Waals surface area (Å²) in [5.74, 6) is -0.305. The molecule has 1 atom stereocenters. The molecule has 0 fully saturated rings. The normalized spacial score (nSPS) is 11.9. The number of hydrogen-bond donors (Lipinski definition) is 2. The quantitative estimate of drug-likeness (QED) is 0.814. The van der Waals surface area contributed by atoms with Gasteiger partial charge >= 0.3 is 6.03 Å². The lowest BCUT2D eigenvalue weighted by atomic mass is 10.3. The Hall–Kier alpha value is -1.73. The minimum absolute atomic E-state index is 0.169. The smallest absolute Gasteiger partial charge is 0.314 e. The van der Waals surface area contributed by atoms with Crippen LogP contribution >= 0.6 is 11.3 Å². The number of amides is 2. The van der Waals surface area contributed by atoms with Crippen LogP contribution in [0, 0.1) is 5.82 Å². The SMILES string of the molecule is O=C(NCCc1cccs1)NCCS(=O)c1ccccc1F. The summed E-state index contributed by atoms with van der Waals surface area (Å²) in [5, 5.41) is 7.34. The van der Waals surface area contributed by atoms with E-state index < -0.39 is 16.6 Å². The summed E-state index contributed by atoms with van der Waals surface area (Å²) in [6.45, 7) is 0.772. The number of nitrogens with one attached hydrogen (secondary N) is 2. The molecule has 7 heteroatoms. The summed E-state index contributed by atoms with van der Waals surface area (Å²) < 4.78 is 25.4. The van der Waals surface area contributed by atoms with Crippen LogP contribution in [0.4, 0.5) is 9.18 Å². The highest BCUT2D eigenvalue weighted by Gasteiger charge is 2.09. The number of hydrogen-bond acceptors (Lipinski definition) is 3. The van der Waals surface area contributed by atoms with Gasteiger partial charge in [0.15, 0.2) is 0 Å². The van der Waals surface area contributed by atoms with E-state index in [0.717, 1.165) is 6.42 Å². The van der Waals surface area contributed by atoms with Crippen LogP contribution < -0.4 is 10.6 Å². The van der Waals surface area contributed by atoms with Crippen molar-refractivity contribution in [3.8, 4) is 0 Å². The number of carbonyl (C=O) groups is 1. The van der Waals surface area contributed by atoms with Crippen molar-refractivity contribution in [1.29, 1.82) is 0 Å². The summed E-state index contributed by atoms with van der Waals surface area (Å²) >= 11 is 1.65. The lowest BCUT2D eigenvalue weighted by Gasteiger charge is -2.07. The minimum atomic E-state index is -1.46. The fourth-order valence-corrected chi connectivity index (χ4v) is 3.55. The van der Waals surface area contributed by atoms with Gasteiger partial charge in [0.05, 0.1) is 15.7 Å². The fraction of sp³-hybridized carbons (Fsp3) is 0.267. The molecule has 2 rings (SSSR count). The second-order valence-electron chi connectivity index (χ2n) is 4.49. The van der Waals surface area contributed by atoms with E-state index in [0.29, 0.717) is 6.54 Å². The molecule has 0 saturated carbocycles. The predicted molar refractivity (Wildman–Crippen MR) is 87.1 cm³/mol. The van der Waals surface area contributed by atoms with E-state index in [2.05, 4.69) is 10.6 Å². The zero-order valence-corrected chi connectivity index (χ0v) is 13.5. The number of halogens is 1. The molecule has 0 radical (unpaired) electrons. The first-order valence-electron chi connectivity index (χ1n) is 6.84. The molecule has 0 saturated heterocycles. The van der Waals surface area contributed by atoms with E-state index in [4.69, 9.17) is 0 Å². The zero-order chi connectivity index (χ0) is 15.8. The van der Waals surface area contributed by atoms with Crippen LogP contribution in [0.1, 0.15) is 4.88 Å². The molecule has 2 aromatic rings. The second kappa shape index (κ2) is 8.65. The highest BCUT2D eigenvalue weighted by molar-refractivity contribution is 7.85. The average Bonchev–Trinajstić information content (AvgIpc) is 3.01. The van der Waals surface area contributed by atoms with Gasteiger partial charge in [0.2, 0.25) is 0 Å². The van der Waals surface area contributed by atoms with Crippen LogP contribution in [-0.2, 0) is 17.2 Å². The molecule has 2 amide bonds. The van der Waals surface area contributed by atoms with Gasteiger partial charge in [-0.1, -0.05) is 18.2 Å². The molecular weight excluding hydrogens is 323 g/mol. The Morgan fingerprint density at radius 1 is 1.14 bits per heavy atom. The van der Waals surface area contributed by atoms with Gasteiger partial charge in [-0.05, 0) is 30.0 Å². The third kappa shape index (κ3) is 5.23. The molecule has 2 N–H and O–H groups in total. The summed E-state index contributed by atoms with van der Waals surface area (Å²) in [6.07, 6.45) is 0.784. The molecular formula is C15H17FN2O2S2. The summed E-state index contributed by atoms with van der Waals surface area (Å²) in [6, 6.07) is 9.64. The van der Waals surface area contributed by atoms with Gasteiger partial charge in [0.25, 0.3) is 0 Å². The molecule has 118 valence electrons. The molecule has 0 spiro atoms. The molecule has 1 heterocycles. The lowest BCUT2D eigenvalue weighted by molar-refractivity contribution is 0.241. The molecule has 1 aromatic heterocycles. The van der Waals surface area contributed by atoms with E-state index in [-0.39, 0.29) is 23.2 Å². The van der Waals surface area contributed by atoms with Gasteiger partial charge in [-0.25, -0.2) is 9.18 Å². The third-order valence-electron chi connectivity index (χ3n) is 2.89. The number of carbonyl (C=O) groups excluding carboxylic acids is 1. The highest BCUT2D eigenvalue weighted by atomic mass is 32.2. The molecule has 4 nitrogen and oxygen atoms in total. The van der Waals surface area contributed by atoms with Gasteiger partial charge in [0.1, 0.15) is 5.82 Å². The number of thiophene rings is 1. The number of urea groups is 1. The van der Waals surface area contributed by atoms with Crippen molar-refractivity contribution < 1.29 is 13.4 Å². The van der Waals surface area contributed by atoms with Crippen LogP contribution in [0.3, 0.4) is 0 Å². The van der Waals surface area contributed by atoms with Crippen molar-refractivity contribution in [3.05, 3.63) is 52.5 Å². The fourth-order valence-electron chi connectivity index (χ4n) is 1.81. The molecule has 0 aliphatic rings. The van der Waals surface area contributed by atoms with Gasteiger partial charge in [-0.2, -0.15) is 0 Å². The Morgan fingerprint density at radius 3 is 2.64 bits per heavy atom. The van der Waals surface area contributed by atoms with Crippen molar-refractivity contribution >= 4 is 28.2 Å². The maximum Gasteiger partial charge on any atom is 0.314 e. The topological polar surface area (TPSA) is 58.2 Å². The van der Waals surface area contributed by atoms with Gasteiger partial charge in [-0.3, -0.25) is 4.21 Å². The molecule has 22 heavy (non-hydrogen) atoms. The minimum Gasteiger partial charge on any atom is -0.338 e. The van der Waals surface area contributed by atoms with E-state index in [1.165, 1.54) is 17.0 Å². The number of benzene rings is 1. The molecule has 1 aromatic carbocycles. The van der Waals surface area contributed by atoms with Crippen LogP contribution in [0.2, 0.25) is 0 Å². The van der Waals surface area contributed by atoms with Crippen molar-refractivity contribution in [2.45, 2.75) is 11.3 Å². The summed E-state index contributed by atoms with van der Waals surface area (Å²) in [5.41, 5.74) is 0. The maximum absolute atomic E-state index is 13.4. The third-order valence-corrected chi connectivity index (χ3v) is 5.22. The van der Waals surface area contributed by atoms with E-state index >= 15 is 0 Å². The van der Waals surface area contributed by atoms with Crippen molar-refractivity contribution in [1.82, 2.24) is 10.6 Å². The first-order chi connectivity index (χ1) is 10.7. The highest BCUT2D eigenvalue weighted by Crippen LogP contribution is 2.11. The van der Waals surface area contributed by atoms with Crippen molar-refractivity contribution in [2.75, 3.05) is 18.8 Å². The Morgan fingerprint density at radius 2 is 1.91 bits per heavy atom. The average molecular weight is 340 g/mol. The van der Waals surface area contributed by atoms with Crippen molar-refractivity contribution in [2.24, 2.45) is 0 Å². The molecule has 0 aliphatic carbocycles. The van der Waals surface area contributed by atoms with E-state index in [1.54, 1.807) is 23.5 Å². The summed E-state index contributed by atoms with van der Waals surface area (Å²) in [4.78, 5) is 12.9. The lowest BCUT2D eigenvalue weighted by Crippen LogP contribution is -2.38. The monoisotopic (exact) mass is 340 g/mol. The Balaban J connectivity index is 1.64. The Bertz CT molecular complexity index is 632. The largest absolute Gasteiger partial charge is 0.338 e. The summed E-state index contributed by atoms with van der Waals surface area (Å²) in [7, 11) is -1.46. The molecule has 1 unspecified atom stereocenters. The number of rotatable bonds is 7. The zero-order valence-electron chi connectivity index (χ0n) is 11.9. The van der Waals surface area contributed by atoms with Crippen molar-refractivity contribution in [3.63, 3.8) is 0 Å². The van der Waals surface area contributed by atoms with E-state index in [1.807, 2.05) is 17.5 Å². The van der Waals surface area contributed by atoms with Crippen LogP contribution in [0.5, 0.6) is 0 Å². The van der Waals surface area contributed by atoms with Gasteiger partial charge in [-0.15, -0.1) is 11.3 Å². The molecule has 0 bridgehead atoms. The predicted octanol–water partition coefficient (Wildman–Crippen LogP) is 2.54. The van der Waals surface area contributed by atoms with Crippen LogP contribution in [-0.4, -0.2) is 29.1 Å². The van der Waals surface area contributed by atoms with Crippen LogP contribution in [0.15, 0.2) is 46.7 Å². The van der Waals surface area contributed by atoms with Gasteiger partial charge < -0.3 is 10.6 Å². The maximum atomic E-state index is 13.4. The second-order valence-corrected chi connectivity index (χ2v) is 7.06. The Labute approximate surface area is 135 Å². The first kappa shape index (κ1) is 16.6.